The first-order valence-electron chi connectivity index (χ1n) is 9.27. The first-order chi connectivity index (χ1) is 14.0. The maximum Gasteiger partial charge on any atom is 0.258 e. The van der Waals surface area contributed by atoms with Crippen molar-refractivity contribution in [2.45, 2.75) is 19.4 Å². The molecule has 1 heterocycles. The molecule has 4 rings (SSSR count). The predicted molar refractivity (Wildman–Crippen MR) is 117 cm³/mol. The molecule has 1 aromatic heterocycles. The molecule has 0 radical (unpaired) electrons. The Kier molecular flexibility index (Phi) is 5.65. The summed E-state index contributed by atoms with van der Waals surface area (Å²) in [7, 11) is 0. The van der Waals surface area contributed by atoms with E-state index < -0.39 is 0 Å². The minimum Gasteiger partial charge on any atom is -0.482 e. The first-order valence-corrected chi connectivity index (χ1v) is 10.0. The average Bonchev–Trinajstić information content (AvgIpc) is 3.05. The van der Waals surface area contributed by atoms with Gasteiger partial charge >= 0.3 is 0 Å². The molecule has 1 unspecified atom stereocenters. The van der Waals surface area contributed by atoms with Crippen LogP contribution in [0.4, 0.5) is 0 Å². The van der Waals surface area contributed by atoms with E-state index in [1.807, 2.05) is 37.3 Å². The Morgan fingerprint density at radius 3 is 2.66 bits per heavy atom. The van der Waals surface area contributed by atoms with E-state index in [0.29, 0.717) is 22.2 Å². The fourth-order valence-electron chi connectivity index (χ4n) is 3.36. The van der Waals surface area contributed by atoms with Crippen LogP contribution < -0.4 is 10.1 Å². The zero-order valence-electron chi connectivity index (χ0n) is 15.7. The molecule has 4 nitrogen and oxygen atoms in total. The zero-order valence-corrected chi connectivity index (χ0v) is 17.3. The Labute approximate surface area is 178 Å². The van der Waals surface area contributed by atoms with Crippen molar-refractivity contribution in [1.82, 2.24) is 5.32 Å². The number of furan rings is 1. The van der Waals surface area contributed by atoms with Crippen LogP contribution in [-0.2, 0) is 11.2 Å². The van der Waals surface area contributed by atoms with Crippen molar-refractivity contribution in [3.8, 4) is 5.75 Å². The number of para-hydroxylation sites is 1. The molecular formula is C23H19Cl2NO3. The topological polar surface area (TPSA) is 51.5 Å². The van der Waals surface area contributed by atoms with E-state index in [1.165, 1.54) is 0 Å². The van der Waals surface area contributed by atoms with E-state index >= 15 is 0 Å². The molecule has 0 aliphatic carbocycles. The van der Waals surface area contributed by atoms with Crippen molar-refractivity contribution in [1.29, 1.82) is 0 Å². The van der Waals surface area contributed by atoms with Gasteiger partial charge in [0.25, 0.3) is 5.91 Å². The molecule has 1 N–H and O–H groups in total. The monoisotopic (exact) mass is 427 g/mol. The van der Waals surface area contributed by atoms with Crippen molar-refractivity contribution in [2.24, 2.45) is 0 Å². The van der Waals surface area contributed by atoms with E-state index in [1.54, 1.807) is 18.2 Å². The molecule has 4 aromatic rings. The number of carbonyl (C=O) groups excluding carboxylic acids is 1. The van der Waals surface area contributed by atoms with Gasteiger partial charge in [-0.05, 0) is 55.3 Å². The summed E-state index contributed by atoms with van der Waals surface area (Å²) >= 11 is 11.9. The van der Waals surface area contributed by atoms with E-state index in [0.717, 1.165) is 27.5 Å². The number of carbonyl (C=O) groups is 1. The Bertz CT molecular complexity index is 1190. The maximum atomic E-state index is 12.2. The maximum absolute atomic E-state index is 12.2. The van der Waals surface area contributed by atoms with Crippen molar-refractivity contribution in [3.63, 3.8) is 0 Å². The van der Waals surface area contributed by atoms with Crippen LogP contribution in [0.15, 0.2) is 65.1 Å². The lowest BCUT2D eigenvalue weighted by molar-refractivity contribution is -0.123. The minimum absolute atomic E-state index is 0.0533. The lowest BCUT2D eigenvalue weighted by atomic mass is 10.0. The Morgan fingerprint density at radius 2 is 1.83 bits per heavy atom. The highest BCUT2D eigenvalue weighted by Crippen LogP contribution is 2.29. The number of amides is 1. The van der Waals surface area contributed by atoms with Gasteiger partial charge in [-0.15, -0.1) is 0 Å². The number of fused-ring (bicyclic) bond motifs is 3. The average molecular weight is 428 g/mol. The SMILES string of the molecule is CC(Cc1ccc2oc3ccccc3c2c1)NC(=O)COc1ccc(Cl)cc1Cl. The van der Waals surface area contributed by atoms with Gasteiger partial charge in [-0.25, -0.2) is 0 Å². The second-order valence-electron chi connectivity index (χ2n) is 6.96. The van der Waals surface area contributed by atoms with Gasteiger partial charge in [-0.1, -0.05) is 47.5 Å². The van der Waals surface area contributed by atoms with Crippen LogP contribution in [0, 0.1) is 0 Å². The molecule has 0 bridgehead atoms. The molecule has 6 heteroatoms. The van der Waals surface area contributed by atoms with Crippen LogP contribution in [0.1, 0.15) is 12.5 Å². The van der Waals surface area contributed by atoms with Gasteiger partial charge in [0.05, 0.1) is 5.02 Å². The smallest absolute Gasteiger partial charge is 0.258 e. The summed E-state index contributed by atoms with van der Waals surface area (Å²) in [5, 5.41) is 6.02. The molecule has 0 spiro atoms. The Hall–Kier alpha value is -2.69. The van der Waals surface area contributed by atoms with E-state index in [-0.39, 0.29) is 18.6 Å². The molecule has 1 amide bonds. The summed E-state index contributed by atoms with van der Waals surface area (Å²) in [6, 6.07) is 18.9. The third-order valence-electron chi connectivity index (χ3n) is 4.64. The van der Waals surface area contributed by atoms with Gasteiger partial charge < -0.3 is 14.5 Å². The minimum atomic E-state index is -0.210. The Morgan fingerprint density at radius 1 is 1.03 bits per heavy atom. The summed E-state index contributed by atoms with van der Waals surface area (Å²) < 4.78 is 11.3. The van der Waals surface area contributed by atoms with E-state index in [2.05, 4.69) is 17.4 Å². The summed E-state index contributed by atoms with van der Waals surface area (Å²) in [5.74, 6) is 0.217. The van der Waals surface area contributed by atoms with Crippen LogP contribution in [0.2, 0.25) is 10.0 Å². The highest BCUT2D eigenvalue weighted by Gasteiger charge is 2.12. The molecule has 1 atom stereocenters. The third-order valence-corrected chi connectivity index (χ3v) is 5.17. The second kappa shape index (κ2) is 8.36. The fraction of sp³-hybridized carbons (Fsp3) is 0.174. The Balaban J connectivity index is 1.38. The molecule has 0 aliphatic rings. The first kappa shape index (κ1) is 19.6. The van der Waals surface area contributed by atoms with Crippen LogP contribution in [0.3, 0.4) is 0 Å². The summed E-state index contributed by atoms with van der Waals surface area (Å²) in [4.78, 5) is 12.2. The van der Waals surface area contributed by atoms with Gasteiger partial charge in [0, 0.05) is 21.8 Å². The zero-order chi connectivity index (χ0) is 20.4. The number of hydrogen-bond acceptors (Lipinski definition) is 3. The van der Waals surface area contributed by atoms with Gasteiger partial charge in [-0.3, -0.25) is 4.79 Å². The second-order valence-corrected chi connectivity index (χ2v) is 7.81. The summed E-state index contributed by atoms with van der Waals surface area (Å²) in [6.45, 7) is 1.85. The molecule has 0 saturated heterocycles. The highest BCUT2D eigenvalue weighted by molar-refractivity contribution is 6.35. The van der Waals surface area contributed by atoms with Crippen molar-refractivity contribution < 1.29 is 13.9 Å². The lowest BCUT2D eigenvalue weighted by Crippen LogP contribution is -2.37. The summed E-state index contributed by atoms with van der Waals surface area (Å²) in [6.07, 6.45) is 0.697. The van der Waals surface area contributed by atoms with Crippen LogP contribution in [0.25, 0.3) is 21.9 Å². The van der Waals surface area contributed by atoms with E-state index in [9.17, 15) is 4.79 Å². The van der Waals surface area contributed by atoms with Crippen molar-refractivity contribution in [3.05, 3.63) is 76.3 Å². The number of hydrogen-bond donors (Lipinski definition) is 1. The lowest BCUT2D eigenvalue weighted by Gasteiger charge is -2.15. The van der Waals surface area contributed by atoms with Crippen molar-refractivity contribution in [2.75, 3.05) is 6.61 Å². The quantitative estimate of drug-likeness (QED) is 0.409. The molecule has 0 fully saturated rings. The van der Waals surface area contributed by atoms with Crippen LogP contribution >= 0.6 is 23.2 Å². The van der Waals surface area contributed by atoms with Crippen molar-refractivity contribution >= 4 is 51.0 Å². The molecular weight excluding hydrogens is 409 g/mol. The molecule has 148 valence electrons. The molecule has 0 saturated carbocycles. The van der Waals surface area contributed by atoms with Gasteiger partial charge in [0.15, 0.2) is 6.61 Å². The molecule has 3 aromatic carbocycles. The van der Waals surface area contributed by atoms with Gasteiger partial charge in [0.2, 0.25) is 0 Å². The van der Waals surface area contributed by atoms with Gasteiger partial charge in [-0.2, -0.15) is 0 Å². The number of halogens is 2. The number of rotatable bonds is 6. The third kappa shape index (κ3) is 4.50. The normalized spacial score (nSPS) is 12.2. The summed E-state index contributed by atoms with van der Waals surface area (Å²) in [5.41, 5.74) is 2.86. The predicted octanol–water partition coefficient (Wildman–Crippen LogP) is 6.02. The number of ether oxygens (including phenoxy) is 1. The number of benzene rings is 3. The standard InChI is InChI=1S/C23H19Cl2NO3/c1-14(26-23(27)13-28-22-9-7-16(24)12-19(22)25)10-15-6-8-21-18(11-15)17-4-2-3-5-20(17)29-21/h2-9,11-12,14H,10,13H2,1H3,(H,26,27). The van der Waals surface area contributed by atoms with Crippen LogP contribution in [0.5, 0.6) is 5.75 Å². The highest BCUT2D eigenvalue weighted by atomic mass is 35.5. The van der Waals surface area contributed by atoms with Gasteiger partial charge in [0.1, 0.15) is 16.9 Å². The number of nitrogens with one attached hydrogen (secondary N) is 1. The molecule has 0 aliphatic heterocycles. The van der Waals surface area contributed by atoms with Crippen LogP contribution in [-0.4, -0.2) is 18.6 Å². The van der Waals surface area contributed by atoms with E-state index in [4.69, 9.17) is 32.4 Å². The molecule has 29 heavy (non-hydrogen) atoms. The fourth-order valence-corrected chi connectivity index (χ4v) is 3.82. The largest absolute Gasteiger partial charge is 0.482 e.